The molecule has 96 valence electrons. The molecule has 1 aromatic heterocycles. The molecule has 0 atom stereocenters. The number of anilines is 1. The van der Waals surface area contributed by atoms with Gasteiger partial charge in [-0.25, -0.2) is 13.4 Å². The van der Waals surface area contributed by atoms with Crippen LogP contribution in [0.15, 0.2) is 5.38 Å². The number of hydrogen-bond acceptors (Lipinski definition) is 5. The van der Waals surface area contributed by atoms with Crippen molar-refractivity contribution in [2.24, 2.45) is 5.73 Å². The highest BCUT2D eigenvalue weighted by atomic mass is 32.2. The molecule has 0 spiro atoms. The van der Waals surface area contributed by atoms with E-state index >= 15 is 0 Å². The Bertz CT molecular complexity index is 466. The molecule has 1 aliphatic rings. The van der Waals surface area contributed by atoms with Gasteiger partial charge in [0.2, 0.25) is 10.0 Å². The van der Waals surface area contributed by atoms with Crippen LogP contribution in [0.2, 0.25) is 0 Å². The van der Waals surface area contributed by atoms with Gasteiger partial charge in [-0.2, -0.15) is 0 Å². The summed E-state index contributed by atoms with van der Waals surface area (Å²) < 4.78 is 25.9. The molecule has 5 nitrogen and oxygen atoms in total. The van der Waals surface area contributed by atoms with Gasteiger partial charge in [0.1, 0.15) is 0 Å². The molecule has 0 amide bonds. The second-order valence-corrected chi connectivity index (χ2v) is 6.97. The molecule has 1 heterocycles. The predicted octanol–water partition coefficient (Wildman–Crippen LogP) is 1.50. The van der Waals surface area contributed by atoms with Crippen LogP contribution in [0.25, 0.3) is 0 Å². The van der Waals surface area contributed by atoms with Gasteiger partial charge in [-0.15, -0.1) is 11.3 Å². The Morgan fingerprint density at radius 3 is 2.88 bits per heavy atom. The summed E-state index contributed by atoms with van der Waals surface area (Å²) in [7, 11) is -3.26. The maximum Gasteiger partial charge on any atom is 0.234 e. The van der Waals surface area contributed by atoms with E-state index in [1.807, 2.05) is 5.38 Å². The van der Waals surface area contributed by atoms with Crippen molar-refractivity contribution in [3.05, 3.63) is 11.1 Å². The molecule has 1 aliphatic carbocycles. The maximum absolute atomic E-state index is 11.7. The minimum Gasteiger partial charge on any atom is -0.330 e. The first-order valence-electron chi connectivity index (χ1n) is 5.77. The van der Waals surface area contributed by atoms with E-state index in [9.17, 15) is 8.42 Å². The third-order valence-corrected chi connectivity index (χ3v) is 4.86. The lowest BCUT2D eigenvalue weighted by Gasteiger charge is -2.03. The van der Waals surface area contributed by atoms with Crippen LogP contribution in [0, 0.1) is 0 Å². The minimum atomic E-state index is -3.26. The number of aromatic nitrogens is 1. The zero-order valence-corrected chi connectivity index (χ0v) is 11.2. The number of nitrogens with two attached hydrogens (primary N) is 1. The number of sulfonamides is 1. The Kier molecular flexibility index (Phi) is 4.01. The number of nitrogens with zero attached hydrogens (tertiary/aromatic N) is 1. The van der Waals surface area contributed by atoms with Crippen LogP contribution in [-0.2, 0) is 10.0 Å². The highest BCUT2D eigenvalue weighted by Gasteiger charge is 2.26. The molecular formula is C10H17N3O2S2. The molecule has 0 unspecified atom stereocenters. The summed E-state index contributed by atoms with van der Waals surface area (Å²) in [5.41, 5.74) is 6.35. The molecule has 7 heteroatoms. The molecule has 1 aromatic rings. The molecule has 0 saturated heterocycles. The molecule has 0 aromatic carbocycles. The standard InChI is InChI=1S/C10H17N3O2S2/c11-5-1-2-6-17(14,15)13-10-12-9(7-16-10)8-3-4-8/h7-8H,1-6,11H2,(H,12,13). The van der Waals surface area contributed by atoms with Crippen molar-refractivity contribution in [1.82, 2.24) is 4.98 Å². The molecule has 0 bridgehead atoms. The van der Waals surface area contributed by atoms with Gasteiger partial charge in [0.15, 0.2) is 5.13 Å². The SMILES string of the molecule is NCCCCS(=O)(=O)Nc1nc(C2CC2)cs1. The van der Waals surface area contributed by atoms with Crippen molar-refractivity contribution in [3.63, 3.8) is 0 Å². The van der Waals surface area contributed by atoms with Crippen LogP contribution >= 0.6 is 11.3 Å². The Balaban J connectivity index is 1.89. The van der Waals surface area contributed by atoms with Gasteiger partial charge in [-0.1, -0.05) is 0 Å². The number of hydrogen-bond donors (Lipinski definition) is 2. The van der Waals surface area contributed by atoms with Crippen LogP contribution in [0.1, 0.15) is 37.3 Å². The molecule has 1 saturated carbocycles. The van der Waals surface area contributed by atoms with Gasteiger partial charge in [0, 0.05) is 11.3 Å². The average molecular weight is 275 g/mol. The van der Waals surface area contributed by atoms with E-state index in [0.717, 1.165) is 12.1 Å². The maximum atomic E-state index is 11.7. The highest BCUT2D eigenvalue weighted by molar-refractivity contribution is 7.92. The molecule has 0 radical (unpaired) electrons. The molecular weight excluding hydrogens is 258 g/mol. The first kappa shape index (κ1) is 12.8. The van der Waals surface area contributed by atoms with Crippen molar-refractivity contribution in [2.45, 2.75) is 31.6 Å². The fourth-order valence-corrected chi connectivity index (χ4v) is 3.73. The second-order valence-electron chi connectivity index (χ2n) is 4.27. The third kappa shape index (κ3) is 3.93. The zero-order valence-electron chi connectivity index (χ0n) is 9.55. The van der Waals surface area contributed by atoms with E-state index in [-0.39, 0.29) is 5.75 Å². The quantitative estimate of drug-likeness (QED) is 0.738. The summed E-state index contributed by atoms with van der Waals surface area (Å²) in [6.45, 7) is 0.526. The Morgan fingerprint density at radius 2 is 2.24 bits per heavy atom. The number of nitrogens with one attached hydrogen (secondary N) is 1. The Hall–Kier alpha value is -0.660. The monoisotopic (exact) mass is 275 g/mol. The third-order valence-electron chi connectivity index (χ3n) is 2.63. The van der Waals surface area contributed by atoms with Gasteiger partial charge in [-0.05, 0) is 32.2 Å². The van der Waals surface area contributed by atoms with Crippen LogP contribution in [0.4, 0.5) is 5.13 Å². The summed E-state index contributed by atoms with van der Waals surface area (Å²) in [6, 6.07) is 0. The number of unbranched alkanes of at least 4 members (excludes halogenated alkanes) is 1. The van der Waals surface area contributed by atoms with E-state index in [2.05, 4.69) is 9.71 Å². The van der Waals surface area contributed by atoms with Gasteiger partial charge in [0.25, 0.3) is 0 Å². The number of rotatable bonds is 7. The van der Waals surface area contributed by atoms with Gasteiger partial charge < -0.3 is 5.73 Å². The first-order valence-corrected chi connectivity index (χ1v) is 8.30. The fraction of sp³-hybridized carbons (Fsp3) is 0.700. The lowest BCUT2D eigenvalue weighted by Crippen LogP contribution is -2.17. The summed E-state index contributed by atoms with van der Waals surface area (Å²) >= 11 is 1.36. The molecule has 3 N–H and O–H groups in total. The van der Waals surface area contributed by atoms with E-state index in [4.69, 9.17) is 5.73 Å². The van der Waals surface area contributed by atoms with Crippen molar-refractivity contribution in [1.29, 1.82) is 0 Å². The minimum absolute atomic E-state index is 0.114. The van der Waals surface area contributed by atoms with Crippen LogP contribution in [0.3, 0.4) is 0 Å². The molecule has 17 heavy (non-hydrogen) atoms. The Morgan fingerprint density at radius 1 is 1.47 bits per heavy atom. The lowest BCUT2D eigenvalue weighted by molar-refractivity contribution is 0.597. The Labute approximate surface area is 105 Å². The van der Waals surface area contributed by atoms with E-state index in [1.54, 1.807) is 0 Å². The zero-order chi connectivity index (χ0) is 12.3. The molecule has 0 aliphatic heterocycles. The number of thiazole rings is 1. The van der Waals surface area contributed by atoms with Gasteiger partial charge in [-0.3, -0.25) is 4.72 Å². The second kappa shape index (κ2) is 5.32. The van der Waals surface area contributed by atoms with Crippen LogP contribution < -0.4 is 10.5 Å². The van der Waals surface area contributed by atoms with Crippen LogP contribution in [-0.4, -0.2) is 25.7 Å². The van der Waals surface area contributed by atoms with Crippen molar-refractivity contribution in [3.8, 4) is 0 Å². The van der Waals surface area contributed by atoms with Gasteiger partial charge >= 0.3 is 0 Å². The summed E-state index contributed by atoms with van der Waals surface area (Å²) in [4.78, 5) is 4.29. The average Bonchev–Trinajstić information content (AvgIpc) is 3.01. The summed E-state index contributed by atoms with van der Waals surface area (Å²) in [5, 5.41) is 2.43. The summed E-state index contributed by atoms with van der Waals surface area (Å²) in [5.74, 6) is 0.671. The van der Waals surface area contributed by atoms with Crippen LogP contribution in [0.5, 0.6) is 0 Å². The predicted molar refractivity (Wildman–Crippen MR) is 69.8 cm³/mol. The largest absolute Gasteiger partial charge is 0.330 e. The van der Waals surface area contributed by atoms with Crippen molar-refractivity contribution >= 4 is 26.5 Å². The van der Waals surface area contributed by atoms with E-state index in [0.29, 0.717) is 24.0 Å². The van der Waals surface area contributed by atoms with Gasteiger partial charge in [0.05, 0.1) is 11.4 Å². The van der Waals surface area contributed by atoms with Crippen molar-refractivity contribution < 1.29 is 8.42 Å². The molecule has 1 fully saturated rings. The smallest absolute Gasteiger partial charge is 0.234 e. The summed E-state index contributed by atoms with van der Waals surface area (Å²) in [6.07, 6.45) is 3.66. The topological polar surface area (TPSA) is 85.1 Å². The molecule has 2 rings (SSSR count). The van der Waals surface area contributed by atoms with E-state index in [1.165, 1.54) is 24.2 Å². The fourth-order valence-electron chi connectivity index (χ4n) is 1.52. The first-order chi connectivity index (χ1) is 8.11. The van der Waals surface area contributed by atoms with Crippen molar-refractivity contribution in [2.75, 3.05) is 17.0 Å². The van der Waals surface area contributed by atoms with E-state index < -0.39 is 10.0 Å². The lowest BCUT2D eigenvalue weighted by atomic mass is 10.3. The highest BCUT2D eigenvalue weighted by Crippen LogP contribution is 2.40. The normalized spacial score (nSPS) is 16.1.